The van der Waals surface area contributed by atoms with Crippen molar-refractivity contribution in [3.8, 4) is 0 Å². The molecule has 1 aliphatic rings. The molecule has 1 aromatic heterocycles. The number of benzene rings is 1. The molecule has 0 spiro atoms. The van der Waals surface area contributed by atoms with Gasteiger partial charge in [0, 0.05) is 29.1 Å². The number of hydrogen-bond acceptors (Lipinski definition) is 2. The van der Waals surface area contributed by atoms with Crippen molar-refractivity contribution in [3.63, 3.8) is 0 Å². The van der Waals surface area contributed by atoms with Gasteiger partial charge in [-0.15, -0.1) is 0 Å². The van der Waals surface area contributed by atoms with Gasteiger partial charge in [-0.1, -0.05) is 29.8 Å². The van der Waals surface area contributed by atoms with Gasteiger partial charge in [-0.05, 0) is 30.0 Å². The lowest BCUT2D eigenvalue weighted by atomic mass is 10.1. The molecule has 110 valence electrons. The summed E-state index contributed by atoms with van der Waals surface area (Å²) in [5, 5.41) is 3.44. The lowest BCUT2D eigenvalue weighted by molar-refractivity contribution is 0.0947. The van der Waals surface area contributed by atoms with Gasteiger partial charge in [0.15, 0.2) is 0 Å². The van der Waals surface area contributed by atoms with Gasteiger partial charge in [-0.3, -0.25) is 9.59 Å². The third-order valence-corrected chi connectivity index (χ3v) is 4.21. The van der Waals surface area contributed by atoms with Gasteiger partial charge in [-0.25, -0.2) is 0 Å². The van der Waals surface area contributed by atoms with Gasteiger partial charge in [0.2, 0.25) is 5.43 Å². The molecule has 1 N–H and O–H groups in total. The number of nitrogens with one attached hydrogen (secondary N) is 1. The zero-order valence-corrected chi connectivity index (χ0v) is 13.7. The predicted octanol–water partition coefficient (Wildman–Crippen LogP) is 2.71. The maximum Gasteiger partial charge on any atom is 0.256 e. The van der Waals surface area contributed by atoms with Crippen LogP contribution in [-0.2, 0) is 13.0 Å². The van der Waals surface area contributed by atoms with Crippen molar-refractivity contribution < 1.29 is 4.79 Å². The lowest BCUT2D eigenvalue weighted by Gasteiger charge is -2.10. The van der Waals surface area contributed by atoms with Gasteiger partial charge >= 0.3 is 0 Å². The molecule has 4 nitrogen and oxygen atoms in total. The Bertz CT molecular complexity index is 793. The molecule has 3 rings (SSSR count). The Morgan fingerprint density at radius 1 is 1.43 bits per heavy atom. The van der Waals surface area contributed by atoms with Crippen LogP contribution >= 0.6 is 15.9 Å². The predicted molar refractivity (Wildman–Crippen MR) is 86.8 cm³/mol. The van der Waals surface area contributed by atoms with Gasteiger partial charge in [0.25, 0.3) is 5.91 Å². The standard InChI is InChI=1S/C16H17BrN2O2/c1-9(2)7-18-16(21)13-8-19-4-3-10-5-11(17)6-12(14(10)19)15(13)20/h5-6,8-9H,3-4,7H2,1-2H3,(H,18,21). The number of carbonyl (C=O) groups is 1. The molecule has 0 radical (unpaired) electrons. The minimum absolute atomic E-state index is 0.188. The molecule has 0 aliphatic carbocycles. The molecule has 0 bridgehead atoms. The van der Waals surface area contributed by atoms with Crippen LogP contribution in [0.25, 0.3) is 10.9 Å². The van der Waals surface area contributed by atoms with E-state index in [0.29, 0.717) is 17.8 Å². The molecule has 0 fully saturated rings. The van der Waals surface area contributed by atoms with Crippen molar-refractivity contribution in [1.82, 2.24) is 9.88 Å². The average Bonchev–Trinajstić information content (AvgIpc) is 2.83. The Balaban J connectivity index is 2.13. The third kappa shape index (κ3) is 2.50. The summed E-state index contributed by atoms with van der Waals surface area (Å²) in [6.45, 7) is 5.43. The summed E-state index contributed by atoms with van der Waals surface area (Å²) in [4.78, 5) is 24.9. The van der Waals surface area contributed by atoms with Crippen molar-refractivity contribution in [2.45, 2.75) is 26.8 Å². The second-order valence-corrected chi connectivity index (χ2v) is 6.80. The number of pyridine rings is 1. The first-order valence-corrected chi connectivity index (χ1v) is 7.90. The molecule has 0 unspecified atom stereocenters. The largest absolute Gasteiger partial charge is 0.352 e. The minimum atomic E-state index is -0.284. The molecule has 2 aromatic rings. The molecular weight excluding hydrogens is 332 g/mol. The summed E-state index contributed by atoms with van der Waals surface area (Å²) in [6, 6.07) is 3.85. The summed E-state index contributed by atoms with van der Waals surface area (Å²) >= 11 is 3.44. The molecule has 5 heteroatoms. The van der Waals surface area contributed by atoms with E-state index in [-0.39, 0.29) is 16.9 Å². The van der Waals surface area contributed by atoms with E-state index in [4.69, 9.17) is 0 Å². The molecule has 0 atom stereocenters. The second-order valence-electron chi connectivity index (χ2n) is 5.88. The highest BCUT2D eigenvalue weighted by Crippen LogP contribution is 2.28. The Hall–Kier alpha value is -1.62. The number of hydrogen-bond donors (Lipinski definition) is 1. The monoisotopic (exact) mass is 348 g/mol. The van der Waals surface area contributed by atoms with Crippen molar-refractivity contribution in [2.24, 2.45) is 5.92 Å². The van der Waals surface area contributed by atoms with Crippen LogP contribution in [0.2, 0.25) is 0 Å². The molecule has 1 aromatic carbocycles. The average molecular weight is 349 g/mol. The Labute approximate surface area is 131 Å². The number of amides is 1. The zero-order valence-electron chi connectivity index (χ0n) is 12.1. The molecular formula is C16H17BrN2O2. The summed E-state index contributed by atoms with van der Waals surface area (Å²) in [5.74, 6) is 0.0702. The first kappa shape index (κ1) is 14.3. The van der Waals surface area contributed by atoms with E-state index < -0.39 is 0 Å². The highest BCUT2D eigenvalue weighted by atomic mass is 79.9. The molecule has 0 saturated carbocycles. The summed E-state index contributed by atoms with van der Waals surface area (Å²) in [5.41, 5.74) is 2.16. The number of aromatic nitrogens is 1. The quantitative estimate of drug-likeness (QED) is 0.926. The van der Waals surface area contributed by atoms with Crippen LogP contribution in [0.5, 0.6) is 0 Å². The highest BCUT2D eigenvalue weighted by molar-refractivity contribution is 9.10. The molecule has 1 amide bonds. The SMILES string of the molecule is CC(C)CNC(=O)c1cn2c3c(cc(Br)cc3c1=O)CC2. The number of carbonyl (C=O) groups excluding carboxylic acids is 1. The van der Waals surface area contributed by atoms with E-state index in [2.05, 4.69) is 21.2 Å². The zero-order chi connectivity index (χ0) is 15.1. The molecule has 2 heterocycles. The van der Waals surface area contributed by atoms with Gasteiger partial charge < -0.3 is 9.88 Å². The topological polar surface area (TPSA) is 51.1 Å². The van der Waals surface area contributed by atoms with E-state index in [1.54, 1.807) is 6.20 Å². The van der Waals surface area contributed by atoms with Crippen LogP contribution in [-0.4, -0.2) is 17.0 Å². The fraction of sp³-hybridized carbons (Fsp3) is 0.375. The Morgan fingerprint density at radius 2 is 2.19 bits per heavy atom. The van der Waals surface area contributed by atoms with Crippen molar-refractivity contribution in [3.05, 3.63) is 44.2 Å². The first-order valence-electron chi connectivity index (χ1n) is 7.11. The smallest absolute Gasteiger partial charge is 0.256 e. The van der Waals surface area contributed by atoms with Crippen LogP contribution in [0.15, 0.2) is 27.6 Å². The highest BCUT2D eigenvalue weighted by Gasteiger charge is 2.21. The summed E-state index contributed by atoms with van der Waals surface area (Å²) in [7, 11) is 0. The molecule has 21 heavy (non-hydrogen) atoms. The maximum atomic E-state index is 12.6. The Morgan fingerprint density at radius 3 is 2.90 bits per heavy atom. The third-order valence-electron chi connectivity index (χ3n) is 3.75. The fourth-order valence-corrected chi connectivity index (χ4v) is 3.26. The fourth-order valence-electron chi connectivity index (χ4n) is 2.75. The number of halogens is 1. The normalized spacial score (nSPS) is 13.1. The first-order chi connectivity index (χ1) is 9.97. The van der Waals surface area contributed by atoms with E-state index in [1.807, 2.05) is 30.5 Å². The summed E-state index contributed by atoms with van der Waals surface area (Å²) in [6.07, 6.45) is 2.59. The van der Waals surface area contributed by atoms with Crippen LogP contribution in [0.1, 0.15) is 29.8 Å². The van der Waals surface area contributed by atoms with E-state index in [9.17, 15) is 9.59 Å². The van der Waals surface area contributed by atoms with Gasteiger partial charge in [-0.2, -0.15) is 0 Å². The van der Waals surface area contributed by atoms with E-state index in [1.165, 1.54) is 0 Å². The maximum absolute atomic E-state index is 12.6. The van der Waals surface area contributed by atoms with Crippen LogP contribution in [0, 0.1) is 5.92 Å². The van der Waals surface area contributed by atoms with Crippen molar-refractivity contribution in [1.29, 1.82) is 0 Å². The van der Waals surface area contributed by atoms with Gasteiger partial charge in [0.05, 0.1) is 5.52 Å². The molecule has 1 aliphatic heterocycles. The number of rotatable bonds is 3. The number of nitrogens with zero attached hydrogens (tertiary/aromatic N) is 1. The second kappa shape index (κ2) is 5.30. The summed E-state index contributed by atoms with van der Waals surface area (Å²) < 4.78 is 2.90. The van der Waals surface area contributed by atoms with Crippen LogP contribution < -0.4 is 10.7 Å². The lowest BCUT2D eigenvalue weighted by Crippen LogP contribution is -2.32. The van der Waals surface area contributed by atoms with E-state index >= 15 is 0 Å². The minimum Gasteiger partial charge on any atom is -0.352 e. The molecule has 0 saturated heterocycles. The van der Waals surface area contributed by atoms with Crippen LogP contribution in [0.4, 0.5) is 0 Å². The van der Waals surface area contributed by atoms with E-state index in [0.717, 1.165) is 28.5 Å². The number of aryl methyl sites for hydroxylation is 2. The van der Waals surface area contributed by atoms with Crippen molar-refractivity contribution >= 4 is 32.7 Å². The van der Waals surface area contributed by atoms with Gasteiger partial charge in [0.1, 0.15) is 5.56 Å². The van der Waals surface area contributed by atoms with Crippen LogP contribution in [0.3, 0.4) is 0 Å². The van der Waals surface area contributed by atoms with Crippen molar-refractivity contribution in [2.75, 3.05) is 6.54 Å². The Kier molecular flexibility index (Phi) is 3.61.